The zero-order chi connectivity index (χ0) is 30.2. The number of methoxy groups -OCH3 is 2. The molecule has 2 aliphatic rings. The summed E-state index contributed by atoms with van der Waals surface area (Å²) in [6.07, 6.45) is 0. The van der Waals surface area contributed by atoms with Gasteiger partial charge in [-0.1, -0.05) is 23.7 Å². The first kappa shape index (κ1) is 30.5. The van der Waals surface area contributed by atoms with Crippen molar-refractivity contribution in [2.45, 2.75) is 0 Å². The van der Waals surface area contributed by atoms with Crippen molar-refractivity contribution in [3.05, 3.63) is 65.2 Å². The van der Waals surface area contributed by atoms with Gasteiger partial charge in [-0.25, -0.2) is 0 Å². The third kappa shape index (κ3) is 7.54. The van der Waals surface area contributed by atoms with Gasteiger partial charge < -0.3 is 28.9 Å². The highest BCUT2D eigenvalue weighted by Crippen LogP contribution is 2.31. The summed E-state index contributed by atoms with van der Waals surface area (Å²) in [5.41, 5.74) is 1.99. The van der Waals surface area contributed by atoms with Crippen molar-refractivity contribution in [1.29, 1.82) is 0 Å². The summed E-state index contributed by atoms with van der Waals surface area (Å²) in [6.45, 7) is 6.32. The number of aromatic nitrogens is 2. The van der Waals surface area contributed by atoms with Crippen LogP contribution in [0, 0.1) is 0 Å². The molecule has 2 fully saturated rings. The average Bonchev–Trinajstić information content (AvgIpc) is 3.06. The van der Waals surface area contributed by atoms with Crippen molar-refractivity contribution in [3.8, 4) is 22.8 Å². The Labute approximate surface area is 256 Å². The molecule has 0 atom stereocenters. The Bertz CT molecular complexity index is 1390. The molecule has 0 unspecified atom stereocenters. The van der Waals surface area contributed by atoms with E-state index in [0.29, 0.717) is 74.6 Å². The standard InChI is InChI=1S/C31H37ClN6O5/c1-41-27-9-7-23(21-28(27)42-2)26-8-10-29(34-33-26)36-13-15-37(16-14-36)30(39)22-38(12-11-35-17-19-43-20-18-35)31(40)24-5-3-4-6-25(24)32/h3-10,21H,11-20,22H2,1-2H3. The molecule has 2 saturated heterocycles. The highest BCUT2D eigenvalue weighted by molar-refractivity contribution is 6.33. The Hall–Kier alpha value is -3.93. The van der Waals surface area contributed by atoms with Crippen molar-refractivity contribution < 1.29 is 23.8 Å². The van der Waals surface area contributed by atoms with Gasteiger partial charge in [-0.05, 0) is 42.5 Å². The van der Waals surface area contributed by atoms with Crippen molar-refractivity contribution in [1.82, 2.24) is 24.9 Å². The fraction of sp³-hybridized carbons (Fsp3) is 0.419. The van der Waals surface area contributed by atoms with Crippen LogP contribution in [-0.4, -0.2) is 123 Å². The number of piperazine rings is 1. The van der Waals surface area contributed by atoms with Crippen molar-refractivity contribution in [2.24, 2.45) is 0 Å². The number of amides is 2. The average molecular weight is 609 g/mol. The number of halogens is 1. The number of hydrogen-bond acceptors (Lipinski definition) is 9. The first-order chi connectivity index (χ1) is 21.0. The Kier molecular flexibility index (Phi) is 10.3. The van der Waals surface area contributed by atoms with Crippen molar-refractivity contribution in [3.63, 3.8) is 0 Å². The number of carbonyl (C=O) groups is 2. The van der Waals surface area contributed by atoms with E-state index in [-0.39, 0.29) is 18.4 Å². The van der Waals surface area contributed by atoms with Gasteiger partial charge in [0.25, 0.3) is 5.91 Å². The van der Waals surface area contributed by atoms with Crippen LogP contribution in [-0.2, 0) is 9.53 Å². The monoisotopic (exact) mass is 608 g/mol. The second-order valence-corrected chi connectivity index (χ2v) is 10.8. The van der Waals surface area contributed by atoms with Crippen LogP contribution in [0.25, 0.3) is 11.3 Å². The van der Waals surface area contributed by atoms with Crippen LogP contribution in [0.2, 0.25) is 5.02 Å². The van der Waals surface area contributed by atoms with E-state index in [9.17, 15) is 9.59 Å². The minimum Gasteiger partial charge on any atom is -0.493 e. The SMILES string of the molecule is COc1ccc(-c2ccc(N3CCN(C(=O)CN(CCN4CCOCC4)C(=O)c4ccccc4Cl)CC3)nn2)cc1OC. The number of anilines is 1. The number of hydrogen-bond donors (Lipinski definition) is 0. The van der Waals surface area contributed by atoms with E-state index in [1.807, 2.05) is 35.2 Å². The van der Waals surface area contributed by atoms with Crippen LogP contribution in [0.3, 0.4) is 0 Å². The molecule has 2 amide bonds. The lowest BCUT2D eigenvalue weighted by molar-refractivity contribution is -0.132. The Morgan fingerprint density at radius 1 is 0.907 bits per heavy atom. The van der Waals surface area contributed by atoms with E-state index in [1.54, 1.807) is 43.4 Å². The normalized spacial score (nSPS) is 15.7. The number of carbonyl (C=O) groups excluding carboxylic acids is 2. The molecule has 2 aliphatic heterocycles. The van der Waals surface area contributed by atoms with Crippen molar-refractivity contribution >= 4 is 29.2 Å². The number of nitrogens with zero attached hydrogens (tertiary/aromatic N) is 6. The Balaban J connectivity index is 1.19. The fourth-order valence-electron chi connectivity index (χ4n) is 5.24. The summed E-state index contributed by atoms with van der Waals surface area (Å²) >= 11 is 6.34. The van der Waals surface area contributed by atoms with Crippen LogP contribution in [0.4, 0.5) is 5.82 Å². The summed E-state index contributed by atoms with van der Waals surface area (Å²) in [6, 6.07) is 16.4. The summed E-state index contributed by atoms with van der Waals surface area (Å²) in [5.74, 6) is 1.70. The number of rotatable bonds is 10. The molecule has 3 aromatic rings. The topological polar surface area (TPSA) is 101 Å². The van der Waals surface area contributed by atoms with Crippen LogP contribution >= 0.6 is 11.6 Å². The quantitative estimate of drug-likeness (QED) is 0.344. The second-order valence-electron chi connectivity index (χ2n) is 10.4. The molecule has 0 saturated carbocycles. The van der Waals surface area contributed by atoms with E-state index < -0.39 is 0 Å². The molecular formula is C31H37ClN6O5. The summed E-state index contributed by atoms with van der Waals surface area (Å²) in [5, 5.41) is 9.26. The maximum absolute atomic E-state index is 13.5. The lowest BCUT2D eigenvalue weighted by Crippen LogP contribution is -2.53. The predicted molar refractivity (Wildman–Crippen MR) is 164 cm³/mol. The van der Waals surface area contributed by atoms with E-state index in [2.05, 4.69) is 20.0 Å². The van der Waals surface area contributed by atoms with Gasteiger partial charge in [-0.15, -0.1) is 10.2 Å². The van der Waals surface area contributed by atoms with Gasteiger partial charge >= 0.3 is 0 Å². The van der Waals surface area contributed by atoms with Gasteiger partial charge in [0, 0.05) is 57.9 Å². The minimum absolute atomic E-state index is 0.00573. The third-order valence-electron chi connectivity index (χ3n) is 7.79. The van der Waals surface area contributed by atoms with E-state index >= 15 is 0 Å². The maximum Gasteiger partial charge on any atom is 0.255 e. The first-order valence-electron chi connectivity index (χ1n) is 14.4. The molecule has 5 rings (SSSR count). The van der Waals surface area contributed by atoms with E-state index in [1.165, 1.54) is 0 Å². The Morgan fingerprint density at radius 3 is 2.33 bits per heavy atom. The minimum atomic E-state index is -0.240. The smallest absolute Gasteiger partial charge is 0.255 e. The molecule has 0 radical (unpaired) electrons. The molecular weight excluding hydrogens is 572 g/mol. The van der Waals surface area contributed by atoms with E-state index in [4.69, 9.17) is 25.8 Å². The third-order valence-corrected chi connectivity index (χ3v) is 8.12. The zero-order valence-corrected chi connectivity index (χ0v) is 25.3. The van der Waals surface area contributed by atoms with Gasteiger partial charge in [-0.3, -0.25) is 14.5 Å². The lowest BCUT2D eigenvalue weighted by Gasteiger charge is -2.36. The van der Waals surface area contributed by atoms with Crippen LogP contribution in [0.5, 0.6) is 11.5 Å². The van der Waals surface area contributed by atoms with E-state index in [0.717, 1.165) is 30.2 Å². The van der Waals surface area contributed by atoms with Gasteiger partial charge in [0.2, 0.25) is 5.91 Å². The first-order valence-corrected chi connectivity index (χ1v) is 14.8. The number of morpholine rings is 1. The number of ether oxygens (including phenoxy) is 3. The van der Waals surface area contributed by atoms with Crippen LogP contribution < -0.4 is 14.4 Å². The molecule has 0 N–H and O–H groups in total. The molecule has 43 heavy (non-hydrogen) atoms. The van der Waals surface area contributed by atoms with Gasteiger partial charge in [-0.2, -0.15) is 0 Å². The largest absolute Gasteiger partial charge is 0.493 e. The molecule has 228 valence electrons. The molecule has 0 aliphatic carbocycles. The molecule has 11 nitrogen and oxygen atoms in total. The highest BCUT2D eigenvalue weighted by atomic mass is 35.5. The fourth-order valence-corrected chi connectivity index (χ4v) is 5.45. The predicted octanol–water partition coefficient (Wildman–Crippen LogP) is 2.94. The van der Waals surface area contributed by atoms with Gasteiger partial charge in [0.05, 0.1) is 43.7 Å². The van der Waals surface area contributed by atoms with Gasteiger partial charge in [0.1, 0.15) is 6.54 Å². The summed E-state index contributed by atoms with van der Waals surface area (Å²) in [4.78, 5) is 34.7. The Morgan fingerprint density at radius 2 is 1.65 bits per heavy atom. The summed E-state index contributed by atoms with van der Waals surface area (Å²) in [7, 11) is 3.20. The maximum atomic E-state index is 13.5. The van der Waals surface area contributed by atoms with Crippen LogP contribution in [0.15, 0.2) is 54.6 Å². The van der Waals surface area contributed by atoms with Crippen molar-refractivity contribution in [2.75, 3.05) is 91.2 Å². The molecule has 1 aromatic heterocycles. The van der Waals surface area contributed by atoms with Crippen LogP contribution in [0.1, 0.15) is 10.4 Å². The molecule has 12 heteroatoms. The molecule has 3 heterocycles. The lowest BCUT2D eigenvalue weighted by atomic mass is 10.1. The molecule has 0 bridgehead atoms. The highest BCUT2D eigenvalue weighted by Gasteiger charge is 2.27. The zero-order valence-electron chi connectivity index (χ0n) is 24.6. The molecule has 2 aromatic carbocycles. The number of benzene rings is 2. The summed E-state index contributed by atoms with van der Waals surface area (Å²) < 4.78 is 16.2. The van der Waals surface area contributed by atoms with Gasteiger partial charge in [0.15, 0.2) is 17.3 Å². The molecule has 0 spiro atoms. The second kappa shape index (κ2) is 14.5.